The van der Waals surface area contributed by atoms with E-state index in [2.05, 4.69) is 5.32 Å². The summed E-state index contributed by atoms with van der Waals surface area (Å²) in [6, 6.07) is 2.92. The Morgan fingerprint density at radius 2 is 2.05 bits per heavy atom. The van der Waals surface area contributed by atoms with Crippen LogP contribution in [0.25, 0.3) is 0 Å². The second-order valence-electron chi connectivity index (χ2n) is 4.52. The average molecular weight is 271 g/mol. The fraction of sp³-hybridized carbons (Fsp3) is 0.462. The Bertz CT molecular complexity index is 443. The van der Waals surface area contributed by atoms with Crippen LogP contribution in [0.1, 0.15) is 19.3 Å². The molecule has 1 atom stereocenters. The van der Waals surface area contributed by atoms with Crippen LogP contribution in [-0.2, 0) is 4.79 Å². The van der Waals surface area contributed by atoms with Gasteiger partial charge in [0.2, 0.25) is 0 Å². The van der Waals surface area contributed by atoms with E-state index in [0.717, 1.165) is 25.0 Å². The first kappa shape index (κ1) is 13.7. The van der Waals surface area contributed by atoms with E-state index in [-0.39, 0.29) is 19.1 Å². The molecule has 1 saturated carbocycles. The average Bonchev–Trinajstić information content (AvgIpc) is 3.15. The first-order valence-electron chi connectivity index (χ1n) is 6.13. The third-order valence-corrected chi connectivity index (χ3v) is 2.88. The van der Waals surface area contributed by atoms with Gasteiger partial charge in [-0.1, -0.05) is 6.07 Å². The highest BCUT2D eigenvalue weighted by Crippen LogP contribution is 2.22. The van der Waals surface area contributed by atoms with Crippen LogP contribution >= 0.6 is 0 Å². The summed E-state index contributed by atoms with van der Waals surface area (Å²) in [4.78, 5) is 11.0. The van der Waals surface area contributed by atoms with Gasteiger partial charge < -0.3 is 15.2 Å². The second-order valence-corrected chi connectivity index (χ2v) is 4.52. The maximum absolute atomic E-state index is 13.3. The van der Waals surface area contributed by atoms with Crippen LogP contribution < -0.4 is 10.1 Å². The van der Waals surface area contributed by atoms with Gasteiger partial charge in [-0.2, -0.15) is 0 Å². The quantitative estimate of drug-likeness (QED) is 0.795. The third kappa shape index (κ3) is 3.89. The lowest BCUT2D eigenvalue weighted by Gasteiger charge is -2.14. The molecule has 104 valence electrons. The number of para-hydroxylation sites is 1. The summed E-state index contributed by atoms with van der Waals surface area (Å²) in [5.41, 5.74) is 0. The first-order chi connectivity index (χ1) is 9.08. The largest absolute Gasteiger partial charge is 0.488 e. The molecule has 19 heavy (non-hydrogen) atoms. The standard InChI is InChI=1S/C13H15F2NO3/c14-9-2-1-3-10(15)12(9)19-7-6-11(13(17)18)16-8-4-5-8/h1-3,8,11,16H,4-7H2,(H,17,18). The van der Waals surface area contributed by atoms with Crippen molar-refractivity contribution in [2.45, 2.75) is 31.3 Å². The summed E-state index contributed by atoms with van der Waals surface area (Å²) in [6.07, 6.45) is 2.08. The van der Waals surface area contributed by atoms with Crippen LogP contribution in [0.15, 0.2) is 18.2 Å². The van der Waals surface area contributed by atoms with Gasteiger partial charge in [-0.05, 0) is 25.0 Å². The molecular formula is C13H15F2NO3. The van der Waals surface area contributed by atoms with Gasteiger partial charge in [-0.25, -0.2) is 8.78 Å². The van der Waals surface area contributed by atoms with E-state index in [9.17, 15) is 13.6 Å². The summed E-state index contributed by atoms with van der Waals surface area (Å²) in [7, 11) is 0. The number of halogens is 2. The normalized spacial score (nSPS) is 16.1. The van der Waals surface area contributed by atoms with Crippen LogP contribution in [0.4, 0.5) is 8.78 Å². The maximum atomic E-state index is 13.3. The molecule has 1 fully saturated rings. The Labute approximate surface area is 109 Å². The van der Waals surface area contributed by atoms with Crippen LogP contribution in [0.5, 0.6) is 5.75 Å². The van der Waals surface area contributed by atoms with E-state index in [0.29, 0.717) is 0 Å². The van der Waals surface area contributed by atoms with Gasteiger partial charge in [0.1, 0.15) is 6.04 Å². The van der Waals surface area contributed by atoms with Crippen LogP contribution in [0.2, 0.25) is 0 Å². The lowest BCUT2D eigenvalue weighted by molar-refractivity contribution is -0.139. The van der Waals surface area contributed by atoms with Crippen LogP contribution in [-0.4, -0.2) is 29.8 Å². The molecule has 1 unspecified atom stereocenters. The zero-order chi connectivity index (χ0) is 13.8. The molecule has 1 aliphatic carbocycles. The number of rotatable bonds is 7. The first-order valence-corrected chi connectivity index (χ1v) is 6.13. The number of carboxylic acid groups (broad SMARTS) is 1. The minimum atomic E-state index is -0.982. The third-order valence-electron chi connectivity index (χ3n) is 2.88. The smallest absolute Gasteiger partial charge is 0.320 e. The summed E-state index contributed by atoms with van der Waals surface area (Å²) in [5, 5.41) is 11.9. The fourth-order valence-corrected chi connectivity index (χ4v) is 1.71. The Kier molecular flexibility index (Phi) is 4.31. The van der Waals surface area contributed by atoms with Crippen molar-refractivity contribution in [2.75, 3.05) is 6.61 Å². The summed E-state index contributed by atoms with van der Waals surface area (Å²) >= 11 is 0. The van der Waals surface area contributed by atoms with E-state index in [1.54, 1.807) is 0 Å². The van der Waals surface area contributed by atoms with Crippen molar-refractivity contribution in [1.29, 1.82) is 0 Å². The molecule has 6 heteroatoms. The van der Waals surface area contributed by atoms with Crippen LogP contribution in [0, 0.1) is 11.6 Å². The molecule has 0 heterocycles. The minimum absolute atomic E-state index is 0.0610. The van der Waals surface area contributed by atoms with Gasteiger partial charge in [0.05, 0.1) is 6.61 Å². The molecule has 4 nitrogen and oxygen atoms in total. The molecule has 1 aromatic carbocycles. The van der Waals surface area contributed by atoms with Crippen molar-refractivity contribution in [1.82, 2.24) is 5.32 Å². The number of carboxylic acids is 1. The predicted molar refractivity (Wildman–Crippen MR) is 64.1 cm³/mol. The number of aliphatic carboxylic acids is 1. The van der Waals surface area contributed by atoms with E-state index in [1.165, 1.54) is 6.07 Å². The number of carbonyl (C=O) groups is 1. The molecule has 2 N–H and O–H groups in total. The second kappa shape index (κ2) is 5.97. The lowest BCUT2D eigenvalue weighted by atomic mass is 10.2. The van der Waals surface area contributed by atoms with Crippen molar-refractivity contribution >= 4 is 5.97 Å². The molecule has 0 amide bonds. The predicted octanol–water partition coefficient (Wildman–Crippen LogP) is 1.94. The van der Waals surface area contributed by atoms with E-state index < -0.39 is 29.4 Å². The van der Waals surface area contributed by atoms with E-state index in [1.807, 2.05) is 0 Å². The summed E-state index contributed by atoms with van der Waals surface area (Å²) in [5.74, 6) is -3.02. The number of nitrogens with one attached hydrogen (secondary N) is 1. The van der Waals surface area contributed by atoms with Gasteiger partial charge in [0, 0.05) is 12.5 Å². The molecular weight excluding hydrogens is 256 g/mol. The molecule has 1 aliphatic rings. The lowest BCUT2D eigenvalue weighted by Crippen LogP contribution is -2.39. The Morgan fingerprint density at radius 3 is 2.58 bits per heavy atom. The van der Waals surface area contributed by atoms with E-state index >= 15 is 0 Å². The van der Waals surface area contributed by atoms with Crippen molar-refractivity contribution in [3.63, 3.8) is 0 Å². The van der Waals surface area contributed by atoms with Crippen molar-refractivity contribution < 1.29 is 23.4 Å². The highest BCUT2D eigenvalue weighted by molar-refractivity contribution is 5.73. The molecule has 2 rings (SSSR count). The highest BCUT2D eigenvalue weighted by Gasteiger charge is 2.28. The molecule has 0 spiro atoms. The fourth-order valence-electron chi connectivity index (χ4n) is 1.71. The Morgan fingerprint density at radius 1 is 1.42 bits per heavy atom. The minimum Gasteiger partial charge on any atom is -0.488 e. The highest BCUT2D eigenvalue weighted by atomic mass is 19.1. The Hall–Kier alpha value is -1.69. The molecule has 0 radical (unpaired) electrons. The zero-order valence-corrected chi connectivity index (χ0v) is 10.2. The van der Waals surface area contributed by atoms with Crippen molar-refractivity contribution in [2.24, 2.45) is 0 Å². The van der Waals surface area contributed by atoms with Gasteiger partial charge in [0.15, 0.2) is 17.4 Å². The monoisotopic (exact) mass is 271 g/mol. The molecule has 0 bridgehead atoms. The van der Waals surface area contributed by atoms with E-state index in [4.69, 9.17) is 9.84 Å². The zero-order valence-electron chi connectivity index (χ0n) is 10.2. The topological polar surface area (TPSA) is 58.6 Å². The van der Waals surface area contributed by atoms with Crippen LogP contribution in [0.3, 0.4) is 0 Å². The number of ether oxygens (including phenoxy) is 1. The van der Waals surface area contributed by atoms with Crippen molar-refractivity contribution in [3.05, 3.63) is 29.8 Å². The SMILES string of the molecule is O=C(O)C(CCOc1c(F)cccc1F)NC1CC1. The molecule has 1 aromatic rings. The molecule has 0 aliphatic heterocycles. The number of hydrogen-bond donors (Lipinski definition) is 2. The van der Waals surface area contributed by atoms with Gasteiger partial charge in [0.25, 0.3) is 0 Å². The summed E-state index contributed by atoms with van der Waals surface area (Å²) in [6.45, 7) is -0.0610. The van der Waals surface area contributed by atoms with Crippen molar-refractivity contribution in [3.8, 4) is 5.75 Å². The number of hydrogen-bond acceptors (Lipinski definition) is 3. The van der Waals surface area contributed by atoms with Gasteiger partial charge >= 0.3 is 5.97 Å². The molecule has 0 aromatic heterocycles. The Balaban J connectivity index is 1.85. The van der Waals surface area contributed by atoms with Gasteiger partial charge in [-0.3, -0.25) is 4.79 Å². The number of benzene rings is 1. The maximum Gasteiger partial charge on any atom is 0.320 e. The molecule has 0 saturated heterocycles. The van der Waals surface area contributed by atoms with Gasteiger partial charge in [-0.15, -0.1) is 0 Å². The summed E-state index contributed by atoms with van der Waals surface area (Å²) < 4.78 is 31.5.